The molecule has 0 bridgehead atoms. The number of hydrogen-bond donors (Lipinski definition) is 7. The highest BCUT2D eigenvalue weighted by Crippen LogP contribution is 2.50. The van der Waals surface area contributed by atoms with Gasteiger partial charge in [-0.25, -0.2) is 14.4 Å². The van der Waals surface area contributed by atoms with Gasteiger partial charge < -0.3 is 49.3 Å². The fourth-order valence-corrected chi connectivity index (χ4v) is 3.65. The lowest BCUT2D eigenvalue weighted by atomic mass is 10.0. The number of carbonyl (C=O) groups is 1. The predicted molar refractivity (Wildman–Crippen MR) is 111 cm³/mol. The van der Waals surface area contributed by atoms with Crippen LogP contribution in [0.4, 0.5) is 0 Å². The summed E-state index contributed by atoms with van der Waals surface area (Å²) in [5, 5.41) is 68.5. The number of aromatic carboxylic acids is 1. The molecule has 172 valence electrons. The topological polar surface area (TPSA) is 228 Å². The zero-order chi connectivity index (χ0) is 24.6. The molecule has 34 heavy (non-hydrogen) atoms. The molecule has 0 aliphatic rings. The first-order chi connectivity index (χ1) is 16.0. The summed E-state index contributed by atoms with van der Waals surface area (Å²) in [5.74, 6) is -9.14. The van der Waals surface area contributed by atoms with Gasteiger partial charge in [0, 0.05) is 22.9 Å². The molecule has 5 rings (SSSR count). The fourth-order valence-electron chi connectivity index (χ4n) is 3.65. The van der Waals surface area contributed by atoms with Crippen molar-refractivity contribution in [2.45, 2.75) is 0 Å². The average Bonchev–Trinajstić information content (AvgIpc) is 2.78. The van der Waals surface area contributed by atoms with Gasteiger partial charge in [-0.2, -0.15) is 0 Å². The van der Waals surface area contributed by atoms with Crippen LogP contribution in [0.1, 0.15) is 10.4 Å². The second kappa shape index (κ2) is 6.59. The summed E-state index contributed by atoms with van der Waals surface area (Å²) in [7, 11) is 0. The van der Waals surface area contributed by atoms with E-state index in [0.29, 0.717) is 6.07 Å². The third-order valence-electron chi connectivity index (χ3n) is 5.18. The zero-order valence-corrected chi connectivity index (χ0v) is 16.3. The lowest BCUT2D eigenvalue weighted by Crippen LogP contribution is -2.07. The lowest BCUT2D eigenvalue weighted by Gasteiger charge is -2.15. The van der Waals surface area contributed by atoms with E-state index < -0.39 is 79.9 Å². The van der Waals surface area contributed by atoms with E-state index in [1.165, 1.54) is 0 Å². The largest absolute Gasteiger partial charge is 0.504 e. The van der Waals surface area contributed by atoms with Crippen LogP contribution >= 0.6 is 0 Å². The van der Waals surface area contributed by atoms with Crippen LogP contribution in [-0.4, -0.2) is 41.7 Å². The van der Waals surface area contributed by atoms with E-state index in [-0.39, 0.29) is 21.5 Å². The van der Waals surface area contributed by atoms with Gasteiger partial charge in [-0.1, -0.05) is 0 Å². The molecule has 0 unspecified atom stereocenters. The molecular weight excluding hydrogens is 460 g/mol. The Labute approximate surface area is 184 Å². The average molecular weight is 470 g/mol. The summed E-state index contributed by atoms with van der Waals surface area (Å²) >= 11 is 0. The van der Waals surface area contributed by atoms with Crippen molar-refractivity contribution in [2.75, 3.05) is 0 Å². The molecule has 7 N–H and O–H groups in total. The quantitative estimate of drug-likeness (QED) is 0.114. The smallest absolute Gasteiger partial charge is 0.344 e. The van der Waals surface area contributed by atoms with Crippen LogP contribution in [0.25, 0.3) is 32.7 Å². The first kappa shape index (κ1) is 20.6. The van der Waals surface area contributed by atoms with E-state index >= 15 is 0 Å². The summed E-state index contributed by atoms with van der Waals surface area (Å²) in [4.78, 5) is 36.7. The second-order valence-corrected chi connectivity index (χ2v) is 7.13. The summed E-state index contributed by atoms with van der Waals surface area (Å²) in [6.45, 7) is 0. The number of aromatic hydroxyl groups is 6. The number of phenolic OH excluding ortho intramolecular Hbond substituents is 6. The zero-order valence-electron chi connectivity index (χ0n) is 16.3. The van der Waals surface area contributed by atoms with E-state index in [9.17, 15) is 50.1 Å². The molecule has 0 fully saturated rings. The number of hydrogen-bond acceptors (Lipinski definition) is 12. The minimum atomic E-state index is -1.70. The molecule has 0 saturated carbocycles. The van der Waals surface area contributed by atoms with Gasteiger partial charge in [-0.05, 0) is 6.07 Å². The third-order valence-corrected chi connectivity index (χ3v) is 5.18. The normalized spacial score (nSPS) is 11.5. The maximum atomic E-state index is 12.6. The van der Waals surface area contributed by atoms with Crippen LogP contribution in [0.15, 0.2) is 36.6 Å². The van der Waals surface area contributed by atoms with Crippen molar-refractivity contribution in [1.82, 2.24) is 0 Å². The van der Waals surface area contributed by atoms with E-state index in [1.807, 2.05) is 0 Å². The molecule has 0 saturated heterocycles. The highest BCUT2D eigenvalue weighted by molar-refractivity contribution is 6.22. The van der Waals surface area contributed by atoms with Gasteiger partial charge in [0.2, 0.25) is 23.0 Å². The van der Waals surface area contributed by atoms with Crippen molar-refractivity contribution in [3.63, 3.8) is 0 Å². The Morgan fingerprint density at radius 1 is 0.706 bits per heavy atom. The van der Waals surface area contributed by atoms with Crippen LogP contribution in [0, 0.1) is 0 Å². The van der Waals surface area contributed by atoms with Crippen LogP contribution in [0.5, 0.6) is 46.0 Å². The SMILES string of the molecule is O=C(O)c1cc(O)c(O)c(O)c1Oc1cc2c(=O)oc3c(O)c(O)cc4c(=O)oc(c1O)c2c34. The molecule has 3 aromatic carbocycles. The summed E-state index contributed by atoms with van der Waals surface area (Å²) < 4.78 is 15.4. The summed E-state index contributed by atoms with van der Waals surface area (Å²) in [6, 6.07) is 2.32. The molecule has 0 amide bonds. The number of carboxylic acids is 1. The van der Waals surface area contributed by atoms with Gasteiger partial charge >= 0.3 is 17.2 Å². The number of rotatable bonds is 3. The molecule has 5 aromatic rings. The Bertz CT molecular complexity index is 1810. The van der Waals surface area contributed by atoms with Gasteiger partial charge in [-0.15, -0.1) is 0 Å². The Kier molecular flexibility index (Phi) is 3.98. The maximum absolute atomic E-state index is 12.6. The Balaban J connectivity index is 1.89. The van der Waals surface area contributed by atoms with Crippen LogP contribution < -0.4 is 16.0 Å². The standard InChI is InChI=1S/C21H10O13/c22-7-2-6(19(28)29)16(15(27)12(7)24)32-9-3-5-11-10-4(20(30)34-18(11)14(9)26)1-8(23)13(25)17(10)33-21(5)31/h1-3,22-27H,(H,28,29). The predicted octanol–water partition coefficient (Wildman–Crippen LogP) is 2.21. The monoisotopic (exact) mass is 470 g/mol. The third kappa shape index (κ3) is 2.57. The number of carboxylic acid groups (broad SMARTS) is 1. The molecule has 0 spiro atoms. The summed E-state index contributed by atoms with van der Waals surface area (Å²) in [6.07, 6.45) is 0. The molecule has 13 heteroatoms. The fraction of sp³-hybridized carbons (Fsp3) is 0. The lowest BCUT2D eigenvalue weighted by molar-refractivity contribution is 0.0692. The van der Waals surface area contributed by atoms with Crippen molar-refractivity contribution in [2.24, 2.45) is 0 Å². The Hall–Kier alpha value is -5.33. The highest BCUT2D eigenvalue weighted by atomic mass is 16.5. The van der Waals surface area contributed by atoms with Crippen molar-refractivity contribution >= 4 is 38.7 Å². The van der Waals surface area contributed by atoms with Crippen LogP contribution in [0.3, 0.4) is 0 Å². The molecule has 2 aromatic heterocycles. The van der Waals surface area contributed by atoms with Crippen LogP contribution in [0.2, 0.25) is 0 Å². The Morgan fingerprint density at radius 3 is 1.82 bits per heavy atom. The van der Waals surface area contributed by atoms with E-state index in [0.717, 1.165) is 12.1 Å². The molecular formula is C21H10O13. The number of ether oxygens (including phenoxy) is 1. The molecule has 13 nitrogen and oxygen atoms in total. The van der Waals surface area contributed by atoms with Crippen molar-refractivity contribution in [3.8, 4) is 46.0 Å². The van der Waals surface area contributed by atoms with Gasteiger partial charge in [-0.3, -0.25) is 0 Å². The Morgan fingerprint density at radius 2 is 1.24 bits per heavy atom. The minimum absolute atomic E-state index is 0.158. The highest BCUT2D eigenvalue weighted by Gasteiger charge is 2.28. The molecule has 0 radical (unpaired) electrons. The first-order valence-corrected chi connectivity index (χ1v) is 9.13. The maximum Gasteiger partial charge on any atom is 0.344 e. The molecule has 0 atom stereocenters. The van der Waals surface area contributed by atoms with E-state index in [4.69, 9.17) is 13.6 Å². The second-order valence-electron chi connectivity index (χ2n) is 7.13. The van der Waals surface area contributed by atoms with Gasteiger partial charge in [0.25, 0.3) is 0 Å². The van der Waals surface area contributed by atoms with E-state index in [1.54, 1.807) is 0 Å². The number of phenols is 6. The summed E-state index contributed by atoms with van der Waals surface area (Å²) in [5.41, 5.74) is -4.23. The van der Waals surface area contributed by atoms with Gasteiger partial charge in [0.1, 0.15) is 5.56 Å². The number of benzene rings is 3. The van der Waals surface area contributed by atoms with Crippen LogP contribution in [-0.2, 0) is 0 Å². The van der Waals surface area contributed by atoms with Crippen molar-refractivity contribution in [3.05, 3.63) is 44.6 Å². The van der Waals surface area contributed by atoms with Gasteiger partial charge in [0.15, 0.2) is 34.2 Å². The van der Waals surface area contributed by atoms with E-state index in [2.05, 4.69) is 0 Å². The molecule has 0 aliphatic heterocycles. The van der Waals surface area contributed by atoms with Gasteiger partial charge in [0.05, 0.1) is 10.8 Å². The van der Waals surface area contributed by atoms with Crippen molar-refractivity contribution < 1.29 is 54.1 Å². The molecule has 0 aliphatic carbocycles. The first-order valence-electron chi connectivity index (χ1n) is 9.13. The van der Waals surface area contributed by atoms with Crippen molar-refractivity contribution in [1.29, 1.82) is 0 Å². The minimum Gasteiger partial charge on any atom is -0.504 e. The molecule has 2 heterocycles.